The second-order valence-electron chi connectivity index (χ2n) is 7.06. The maximum absolute atomic E-state index is 12.2. The molecule has 3 rings (SSSR count). The molecule has 1 saturated heterocycles. The van der Waals surface area contributed by atoms with E-state index in [9.17, 15) is 4.79 Å². The summed E-state index contributed by atoms with van der Waals surface area (Å²) in [6, 6.07) is 0. The number of nitrogens with zero attached hydrogens (tertiary/aromatic N) is 3. The molecule has 2 aliphatic rings. The summed E-state index contributed by atoms with van der Waals surface area (Å²) in [5.41, 5.74) is 1.52. The lowest BCUT2D eigenvalue weighted by Gasteiger charge is -2.23. The third-order valence-corrected chi connectivity index (χ3v) is 4.03. The highest BCUT2D eigenvalue weighted by Gasteiger charge is 2.30. The molecule has 2 aliphatic heterocycles. The van der Waals surface area contributed by atoms with E-state index < -0.39 is 5.60 Å². The van der Waals surface area contributed by atoms with Crippen LogP contribution in [0.25, 0.3) is 0 Å². The number of fused-ring (bicyclic) bond motifs is 1. The van der Waals surface area contributed by atoms with E-state index in [1.54, 1.807) is 4.90 Å². The van der Waals surface area contributed by atoms with Crippen molar-refractivity contribution in [3.05, 3.63) is 23.3 Å². The predicted molar refractivity (Wildman–Crippen MR) is 82.4 cm³/mol. The number of ether oxygens (including phenoxy) is 1. The van der Waals surface area contributed by atoms with Gasteiger partial charge in [-0.2, -0.15) is 0 Å². The Labute approximate surface area is 131 Å². The van der Waals surface area contributed by atoms with E-state index in [2.05, 4.69) is 10.3 Å². The monoisotopic (exact) mass is 304 g/mol. The number of aromatic nitrogens is 2. The van der Waals surface area contributed by atoms with Crippen LogP contribution in [0.15, 0.2) is 6.20 Å². The topological polar surface area (TPSA) is 67.3 Å². The van der Waals surface area contributed by atoms with Crippen molar-refractivity contribution >= 4 is 6.09 Å². The molecule has 6 heteroatoms. The van der Waals surface area contributed by atoms with Crippen molar-refractivity contribution in [2.75, 3.05) is 13.1 Å². The van der Waals surface area contributed by atoms with Gasteiger partial charge in [-0.1, -0.05) is 0 Å². The van der Waals surface area contributed by atoms with Gasteiger partial charge in [-0.05, 0) is 46.7 Å². The van der Waals surface area contributed by atoms with Crippen LogP contribution in [0.3, 0.4) is 0 Å². The molecule has 0 aliphatic carbocycles. The first-order chi connectivity index (χ1) is 10.4. The first-order valence-corrected chi connectivity index (χ1v) is 7.96. The van der Waals surface area contributed by atoms with E-state index in [1.165, 1.54) is 0 Å². The standard InChI is InChI=1S/C16H24N4O2/c1-16(2,3)22-15(21)20-9-12-8-18-14(19-13(12)10-20)11-4-6-17-7-5-11/h8,11,17H,4-7,9-10H2,1-3H3. The molecule has 0 saturated carbocycles. The quantitative estimate of drug-likeness (QED) is 0.861. The normalized spacial score (nSPS) is 19.1. The SMILES string of the molecule is CC(C)(C)OC(=O)N1Cc2cnc(C3CCNCC3)nc2C1. The summed E-state index contributed by atoms with van der Waals surface area (Å²) in [4.78, 5) is 23.1. The lowest BCUT2D eigenvalue weighted by molar-refractivity contribution is 0.0240. The minimum absolute atomic E-state index is 0.283. The summed E-state index contributed by atoms with van der Waals surface area (Å²) in [7, 11) is 0. The predicted octanol–water partition coefficient (Wildman–Crippen LogP) is 2.19. The molecule has 0 atom stereocenters. The van der Waals surface area contributed by atoms with Crippen LogP contribution in [-0.2, 0) is 17.8 Å². The third-order valence-electron chi connectivity index (χ3n) is 4.03. The van der Waals surface area contributed by atoms with E-state index in [4.69, 9.17) is 9.72 Å². The Kier molecular flexibility index (Phi) is 4.04. The number of nitrogens with one attached hydrogen (secondary N) is 1. The first kappa shape index (κ1) is 15.2. The van der Waals surface area contributed by atoms with Crippen molar-refractivity contribution in [2.24, 2.45) is 0 Å². The van der Waals surface area contributed by atoms with Crippen LogP contribution in [0.5, 0.6) is 0 Å². The van der Waals surface area contributed by atoms with Crippen LogP contribution in [0.1, 0.15) is 56.6 Å². The van der Waals surface area contributed by atoms with Crippen molar-refractivity contribution in [1.29, 1.82) is 0 Å². The maximum Gasteiger partial charge on any atom is 0.410 e. The summed E-state index contributed by atoms with van der Waals surface area (Å²) >= 11 is 0. The molecule has 0 unspecified atom stereocenters. The fourth-order valence-corrected chi connectivity index (χ4v) is 2.90. The van der Waals surface area contributed by atoms with E-state index in [-0.39, 0.29) is 6.09 Å². The average Bonchev–Trinajstić information content (AvgIpc) is 2.89. The lowest BCUT2D eigenvalue weighted by Crippen LogP contribution is -2.33. The molecular formula is C16H24N4O2. The Hall–Kier alpha value is -1.69. The Morgan fingerprint density at radius 3 is 2.73 bits per heavy atom. The zero-order valence-corrected chi connectivity index (χ0v) is 13.6. The molecule has 1 aromatic rings. The van der Waals surface area contributed by atoms with Crippen LogP contribution >= 0.6 is 0 Å². The highest BCUT2D eigenvalue weighted by Crippen LogP contribution is 2.27. The van der Waals surface area contributed by atoms with Crippen molar-refractivity contribution in [1.82, 2.24) is 20.2 Å². The summed E-state index contributed by atoms with van der Waals surface area (Å²) in [6.45, 7) is 8.74. The van der Waals surface area contributed by atoms with Gasteiger partial charge >= 0.3 is 6.09 Å². The lowest BCUT2D eigenvalue weighted by atomic mass is 9.97. The minimum atomic E-state index is -0.474. The zero-order valence-electron chi connectivity index (χ0n) is 13.6. The molecule has 0 spiro atoms. The molecule has 6 nitrogen and oxygen atoms in total. The molecule has 1 N–H and O–H groups in total. The number of carbonyl (C=O) groups is 1. The number of hydrogen-bond donors (Lipinski definition) is 1. The van der Waals surface area contributed by atoms with Gasteiger partial charge in [0.25, 0.3) is 0 Å². The fourth-order valence-electron chi connectivity index (χ4n) is 2.90. The van der Waals surface area contributed by atoms with Gasteiger partial charge in [0.2, 0.25) is 0 Å². The third kappa shape index (κ3) is 3.38. The molecule has 120 valence electrons. The van der Waals surface area contributed by atoms with Crippen LogP contribution in [0, 0.1) is 0 Å². The molecule has 1 amide bonds. The highest BCUT2D eigenvalue weighted by atomic mass is 16.6. The van der Waals surface area contributed by atoms with Crippen molar-refractivity contribution in [3.63, 3.8) is 0 Å². The van der Waals surface area contributed by atoms with Crippen LogP contribution in [-0.4, -0.2) is 39.7 Å². The summed E-state index contributed by atoms with van der Waals surface area (Å²) < 4.78 is 5.43. The average molecular weight is 304 g/mol. The largest absolute Gasteiger partial charge is 0.444 e. The number of rotatable bonds is 1. The smallest absolute Gasteiger partial charge is 0.410 e. The molecule has 1 aromatic heterocycles. The zero-order chi connectivity index (χ0) is 15.7. The molecule has 0 bridgehead atoms. The minimum Gasteiger partial charge on any atom is -0.444 e. The molecule has 0 aromatic carbocycles. The number of carbonyl (C=O) groups excluding carboxylic acids is 1. The second-order valence-corrected chi connectivity index (χ2v) is 7.06. The number of amides is 1. The van der Waals surface area contributed by atoms with Gasteiger partial charge < -0.3 is 10.1 Å². The van der Waals surface area contributed by atoms with E-state index in [0.717, 1.165) is 43.0 Å². The molecule has 0 radical (unpaired) electrons. The van der Waals surface area contributed by atoms with Gasteiger partial charge in [0, 0.05) is 17.7 Å². The van der Waals surface area contributed by atoms with E-state index in [1.807, 2.05) is 27.0 Å². The second kappa shape index (κ2) is 5.83. The molecule has 1 fully saturated rings. The molecular weight excluding hydrogens is 280 g/mol. The van der Waals surface area contributed by atoms with Crippen molar-refractivity contribution in [2.45, 2.75) is 58.2 Å². The highest BCUT2D eigenvalue weighted by molar-refractivity contribution is 5.69. The van der Waals surface area contributed by atoms with Crippen molar-refractivity contribution in [3.8, 4) is 0 Å². The Balaban J connectivity index is 1.69. The van der Waals surface area contributed by atoms with Gasteiger partial charge in [0.05, 0.1) is 18.8 Å². The first-order valence-electron chi connectivity index (χ1n) is 7.96. The van der Waals surface area contributed by atoms with Gasteiger partial charge in [-0.15, -0.1) is 0 Å². The Bertz CT molecular complexity index is 562. The number of piperidine rings is 1. The Morgan fingerprint density at radius 2 is 2.05 bits per heavy atom. The number of hydrogen-bond acceptors (Lipinski definition) is 5. The van der Waals surface area contributed by atoms with Gasteiger partial charge in [0.1, 0.15) is 11.4 Å². The molecule has 22 heavy (non-hydrogen) atoms. The van der Waals surface area contributed by atoms with Gasteiger partial charge in [-0.3, -0.25) is 4.90 Å². The summed E-state index contributed by atoms with van der Waals surface area (Å²) in [6.07, 6.45) is 3.75. The maximum atomic E-state index is 12.2. The van der Waals surface area contributed by atoms with E-state index in [0.29, 0.717) is 19.0 Å². The van der Waals surface area contributed by atoms with Gasteiger partial charge in [-0.25, -0.2) is 14.8 Å². The summed E-state index contributed by atoms with van der Waals surface area (Å²) in [5.74, 6) is 1.36. The summed E-state index contributed by atoms with van der Waals surface area (Å²) in [5, 5.41) is 3.36. The fraction of sp³-hybridized carbons (Fsp3) is 0.688. The van der Waals surface area contributed by atoms with Crippen LogP contribution in [0.4, 0.5) is 4.79 Å². The van der Waals surface area contributed by atoms with Crippen molar-refractivity contribution < 1.29 is 9.53 Å². The Morgan fingerprint density at radius 1 is 1.32 bits per heavy atom. The van der Waals surface area contributed by atoms with Gasteiger partial charge in [0.15, 0.2) is 0 Å². The van der Waals surface area contributed by atoms with E-state index >= 15 is 0 Å². The van der Waals surface area contributed by atoms with Crippen LogP contribution in [0.2, 0.25) is 0 Å². The van der Waals surface area contributed by atoms with Crippen LogP contribution < -0.4 is 5.32 Å². The molecule has 3 heterocycles.